The summed E-state index contributed by atoms with van der Waals surface area (Å²) in [7, 11) is 0. The summed E-state index contributed by atoms with van der Waals surface area (Å²) in [6.07, 6.45) is -4.83. The van der Waals surface area contributed by atoms with Crippen molar-refractivity contribution in [2.75, 3.05) is 0 Å². The van der Waals surface area contributed by atoms with E-state index >= 15 is 0 Å². The molecule has 0 saturated carbocycles. The van der Waals surface area contributed by atoms with Gasteiger partial charge < -0.3 is 4.52 Å². The van der Waals surface area contributed by atoms with E-state index in [0.29, 0.717) is 0 Å². The molecule has 3 nitrogen and oxygen atoms in total. The minimum atomic E-state index is -4.83. The summed E-state index contributed by atoms with van der Waals surface area (Å²) in [4.78, 5) is 2.97. The summed E-state index contributed by atoms with van der Waals surface area (Å²) in [5.41, 5.74) is -0.465. The molecule has 18 heavy (non-hydrogen) atoms. The molecule has 8 heteroatoms. The Morgan fingerprint density at radius 2 is 1.78 bits per heavy atom. The Labute approximate surface area is 97.2 Å². The molecule has 0 aliphatic rings. The summed E-state index contributed by atoms with van der Waals surface area (Å²) >= 11 is 0. The summed E-state index contributed by atoms with van der Waals surface area (Å²) in [5.74, 6) is -4.74. The minimum Gasteiger partial charge on any atom is -0.329 e. The van der Waals surface area contributed by atoms with Gasteiger partial charge in [-0.15, -0.1) is 0 Å². The first-order chi connectivity index (χ1) is 8.30. The van der Waals surface area contributed by atoms with Crippen molar-refractivity contribution in [3.8, 4) is 11.4 Å². The van der Waals surface area contributed by atoms with Crippen LogP contribution in [0.2, 0.25) is 0 Å². The number of nitrogens with zero attached hydrogens (tertiary/aromatic N) is 2. The fraction of sp³-hybridized carbons (Fsp3) is 0.200. The van der Waals surface area contributed by atoms with Crippen LogP contribution in [-0.2, 0) is 6.18 Å². The molecule has 0 aliphatic heterocycles. The summed E-state index contributed by atoms with van der Waals surface area (Å²) in [5, 5.41) is 2.97. The summed E-state index contributed by atoms with van der Waals surface area (Å²) < 4.78 is 67.2. The smallest absolute Gasteiger partial charge is 0.329 e. The third-order valence-corrected chi connectivity index (χ3v) is 2.18. The van der Waals surface area contributed by atoms with Crippen molar-refractivity contribution in [3.05, 3.63) is 35.2 Å². The van der Waals surface area contributed by atoms with Crippen molar-refractivity contribution < 1.29 is 26.5 Å². The molecule has 1 aromatic carbocycles. The quantitative estimate of drug-likeness (QED) is 0.741. The van der Waals surface area contributed by atoms with E-state index in [2.05, 4.69) is 14.7 Å². The lowest BCUT2D eigenvalue weighted by Crippen LogP contribution is -2.05. The maximum Gasteiger partial charge on any atom is 0.471 e. The van der Waals surface area contributed by atoms with Crippen molar-refractivity contribution >= 4 is 0 Å². The van der Waals surface area contributed by atoms with Gasteiger partial charge in [0.05, 0.1) is 5.56 Å². The third-order valence-electron chi connectivity index (χ3n) is 2.18. The first-order valence-electron chi connectivity index (χ1n) is 4.66. The highest BCUT2D eigenvalue weighted by atomic mass is 19.4. The molecule has 0 radical (unpaired) electrons. The zero-order chi connectivity index (χ0) is 13.5. The summed E-state index contributed by atoms with van der Waals surface area (Å²) in [6, 6.07) is 2.29. The van der Waals surface area contributed by atoms with Gasteiger partial charge in [-0.25, -0.2) is 8.78 Å². The number of rotatable bonds is 1. The molecule has 0 amide bonds. The second-order valence-corrected chi connectivity index (χ2v) is 3.48. The average Bonchev–Trinajstić information content (AvgIpc) is 2.75. The third kappa shape index (κ3) is 2.05. The molecule has 0 bridgehead atoms. The molecule has 2 aromatic rings. The number of alkyl halides is 3. The van der Waals surface area contributed by atoms with Gasteiger partial charge in [0.15, 0.2) is 11.6 Å². The van der Waals surface area contributed by atoms with Crippen molar-refractivity contribution in [3.63, 3.8) is 0 Å². The van der Waals surface area contributed by atoms with Gasteiger partial charge in [-0.3, -0.25) is 0 Å². The van der Waals surface area contributed by atoms with Crippen molar-refractivity contribution in [1.82, 2.24) is 10.1 Å². The molecule has 0 unspecified atom stereocenters. The van der Waals surface area contributed by atoms with Crippen LogP contribution in [0, 0.1) is 18.6 Å². The molecule has 0 spiro atoms. The minimum absolute atomic E-state index is 0.0239. The van der Waals surface area contributed by atoms with Crippen LogP contribution < -0.4 is 0 Å². The molecule has 0 atom stereocenters. The average molecular weight is 264 g/mol. The van der Waals surface area contributed by atoms with Gasteiger partial charge in [0.25, 0.3) is 0 Å². The lowest BCUT2D eigenvalue weighted by Gasteiger charge is -2.01. The Hall–Kier alpha value is -1.99. The molecule has 2 rings (SSSR count). The molecule has 0 fully saturated rings. The van der Waals surface area contributed by atoms with Crippen molar-refractivity contribution in [1.29, 1.82) is 0 Å². The van der Waals surface area contributed by atoms with E-state index in [1.54, 1.807) is 0 Å². The monoisotopic (exact) mass is 264 g/mol. The van der Waals surface area contributed by atoms with Gasteiger partial charge in [0.1, 0.15) is 0 Å². The number of aryl methyl sites for hydroxylation is 1. The molecule has 1 aromatic heterocycles. The predicted molar refractivity (Wildman–Crippen MR) is 49.4 cm³/mol. The molecule has 0 saturated heterocycles. The zero-order valence-corrected chi connectivity index (χ0v) is 8.85. The second kappa shape index (κ2) is 4.04. The van der Waals surface area contributed by atoms with Crippen LogP contribution in [-0.4, -0.2) is 10.1 Å². The Bertz CT molecular complexity index is 590. The Balaban J connectivity index is 2.50. The fourth-order valence-corrected chi connectivity index (χ4v) is 1.27. The highest BCUT2D eigenvalue weighted by Gasteiger charge is 2.38. The second-order valence-electron chi connectivity index (χ2n) is 3.48. The lowest BCUT2D eigenvalue weighted by atomic mass is 10.1. The molecular formula is C10H5F5N2O. The van der Waals surface area contributed by atoms with E-state index in [9.17, 15) is 22.0 Å². The normalized spacial score (nSPS) is 11.9. The van der Waals surface area contributed by atoms with Crippen LogP contribution in [0.15, 0.2) is 16.7 Å². The van der Waals surface area contributed by atoms with E-state index in [0.717, 1.165) is 6.07 Å². The topological polar surface area (TPSA) is 38.9 Å². The van der Waals surface area contributed by atoms with Crippen LogP contribution in [0.3, 0.4) is 0 Å². The van der Waals surface area contributed by atoms with E-state index in [1.807, 2.05) is 0 Å². The van der Waals surface area contributed by atoms with Gasteiger partial charge in [0.2, 0.25) is 5.82 Å². The number of aromatic nitrogens is 2. The highest BCUT2D eigenvalue weighted by molar-refractivity contribution is 5.56. The van der Waals surface area contributed by atoms with E-state index < -0.39 is 35.1 Å². The first kappa shape index (κ1) is 12.5. The standard InChI is InChI=1S/C10H5F5N2O/c1-4-2-3-5(7(12)6(4)11)8-16-9(18-17-8)10(13,14)15/h2-3H,1H3. The summed E-state index contributed by atoms with van der Waals surface area (Å²) in [6.45, 7) is 1.32. The van der Waals surface area contributed by atoms with E-state index in [-0.39, 0.29) is 5.56 Å². The Kier molecular flexibility index (Phi) is 2.80. The number of benzene rings is 1. The molecule has 96 valence electrons. The Morgan fingerprint density at radius 1 is 1.11 bits per heavy atom. The van der Waals surface area contributed by atoms with Gasteiger partial charge in [-0.1, -0.05) is 11.2 Å². The van der Waals surface area contributed by atoms with E-state index in [1.165, 1.54) is 13.0 Å². The zero-order valence-electron chi connectivity index (χ0n) is 8.85. The van der Waals surface area contributed by atoms with Crippen LogP contribution >= 0.6 is 0 Å². The predicted octanol–water partition coefficient (Wildman–Crippen LogP) is 3.34. The maximum absolute atomic E-state index is 13.5. The fourth-order valence-electron chi connectivity index (χ4n) is 1.27. The molecule has 0 N–H and O–H groups in total. The van der Waals surface area contributed by atoms with Gasteiger partial charge in [0, 0.05) is 0 Å². The number of halogens is 5. The van der Waals surface area contributed by atoms with Gasteiger partial charge in [-0.2, -0.15) is 18.2 Å². The lowest BCUT2D eigenvalue weighted by molar-refractivity contribution is -0.159. The number of hydrogen-bond donors (Lipinski definition) is 0. The Morgan fingerprint density at radius 3 is 2.33 bits per heavy atom. The van der Waals surface area contributed by atoms with Crippen molar-refractivity contribution in [2.24, 2.45) is 0 Å². The first-order valence-corrected chi connectivity index (χ1v) is 4.66. The van der Waals surface area contributed by atoms with E-state index in [4.69, 9.17) is 0 Å². The SMILES string of the molecule is Cc1ccc(-c2noc(C(F)(F)F)n2)c(F)c1F. The van der Waals surface area contributed by atoms with Crippen LogP contribution in [0.4, 0.5) is 22.0 Å². The van der Waals surface area contributed by atoms with Gasteiger partial charge >= 0.3 is 12.1 Å². The van der Waals surface area contributed by atoms with Crippen LogP contribution in [0.5, 0.6) is 0 Å². The molecular weight excluding hydrogens is 259 g/mol. The van der Waals surface area contributed by atoms with Crippen molar-refractivity contribution in [2.45, 2.75) is 13.1 Å². The van der Waals surface area contributed by atoms with Gasteiger partial charge in [-0.05, 0) is 18.6 Å². The van der Waals surface area contributed by atoms with Crippen LogP contribution in [0.1, 0.15) is 11.5 Å². The largest absolute Gasteiger partial charge is 0.471 e. The highest BCUT2D eigenvalue weighted by Crippen LogP contribution is 2.30. The van der Waals surface area contributed by atoms with Crippen LogP contribution in [0.25, 0.3) is 11.4 Å². The maximum atomic E-state index is 13.5. The molecule has 0 aliphatic carbocycles. The number of hydrogen-bond acceptors (Lipinski definition) is 3. The molecule has 1 heterocycles.